The average molecular weight is 292 g/mol. The number of hydrogen-bond acceptors (Lipinski definition) is 2. The number of rotatable bonds is 1. The second-order valence-electron chi connectivity index (χ2n) is 5.07. The van der Waals surface area contributed by atoms with Crippen LogP contribution in [0.25, 0.3) is 33.2 Å². The van der Waals surface area contributed by atoms with Crippen LogP contribution in [0, 0.1) is 11.6 Å². The quantitative estimate of drug-likeness (QED) is 0.507. The fraction of sp³-hybridized carbons (Fsp3) is 0. The number of hydrogen-bond donors (Lipinski definition) is 0. The third-order valence-corrected chi connectivity index (χ3v) is 3.56. The van der Waals surface area contributed by atoms with Crippen molar-refractivity contribution in [2.45, 2.75) is 0 Å². The van der Waals surface area contributed by atoms with Gasteiger partial charge < -0.3 is 0 Å². The molecule has 0 saturated carbocycles. The van der Waals surface area contributed by atoms with E-state index in [2.05, 4.69) is 9.97 Å². The maximum Gasteiger partial charge on any atom is 0.123 e. The number of fused-ring (bicyclic) bond motifs is 2. The van der Waals surface area contributed by atoms with E-state index in [1.165, 1.54) is 24.3 Å². The number of halogens is 2. The summed E-state index contributed by atoms with van der Waals surface area (Å²) in [6.07, 6.45) is 0. The second kappa shape index (κ2) is 4.84. The van der Waals surface area contributed by atoms with Gasteiger partial charge in [-0.3, -0.25) is 0 Å². The molecule has 0 N–H and O–H groups in total. The van der Waals surface area contributed by atoms with Gasteiger partial charge in [0.2, 0.25) is 0 Å². The third-order valence-electron chi connectivity index (χ3n) is 3.56. The van der Waals surface area contributed by atoms with E-state index < -0.39 is 0 Å². The van der Waals surface area contributed by atoms with Crippen LogP contribution in [-0.4, -0.2) is 9.97 Å². The van der Waals surface area contributed by atoms with Crippen molar-refractivity contribution >= 4 is 21.8 Å². The first-order valence-electron chi connectivity index (χ1n) is 6.82. The Labute approximate surface area is 125 Å². The van der Waals surface area contributed by atoms with E-state index in [4.69, 9.17) is 0 Å². The molecule has 2 heterocycles. The normalized spacial score (nSPS) is 11.2. The molecule has 0 amide bonds. The first-order chi connectivity index (χ1) is 10.7. The Morgan fingerprint density at radius 2 is 1.00 bits per heavy atom. The third kappa shape index (κ3) is 2.19. The molecular formula is C18H10F2N2. The molecule has 106 valence electrons. The van der Waals surface area contributed by atoms with Gasteiger partial charge in [-0.2, -0.15) is 0 Å². The zero-order chi connectivity index (χ0) is 15.1. The average Bonchev–Trinajstić information content (AvgIpc) is 2.54. The molecule has 0 saturated heterocycles. The van der Waals surface area contributed by atoms with Crippen LogP contribution in [0.5, 0.6) is 0 Å². The van der Waals surface area contributed by atoms with Gasteiger partial charge in [-0.05, 0) is 48.5 Å². The molecule has 0 unspecified atom stereocenters. The predicted octanol–water partition coefficient (Wildman–Crippen LogP) is 4.73. The van der Waals surface area contributed by atoms with Crippen LogP contribution in [-0.2, 0) is 0 Å². The van der Waals surface area contributed by atoms with Crippen molar-refractivity contribution in [1.82, 2.24) is 9.97 Å². The summed E-state index contributed by atoms with van der Waals surface area (Å²) in [5.41, 5.74) is 2.82. The minimum atomic E-state index is -0.284. The Balaban J connectivity index is 1.87. The minimum Gasteiger partial charge on any atom is -0.246 e. The summed E-state index contributed by atoms with van der Waals surface area (Å²) in [6, 6.07) is 16.2. The van der Waals surface area contributed by atoms with Gasteiger partial charge >= 0.3 is 0 Å². The van der Waals surface area contributed by atoms with Gasteiger partial charge in [0.25, 0.3) is 0 Å². The highest BCUT2D eigenvalue weighted by molar-refractivity contribution is 5.84. The van der Waals surface area contributed by atoms with Crippen LogP contribution in [0.4, 0.5) is 8.78 Å². The van der Waals surface area contributed by atoms with E-state index >= 15 is 0 Å². The summed E-state index contributed by atoms with van der Waals surface area (Å²) >= 11 is 0. The van der Waals surface area contributed by atoms with Gasteiger partial charge in [0.05, 0.1) is 22.4 Å². The lowest BCUT2D eigenvalue weighted by atomic mass is 10.1. The molecule has 0 fully saturated rings. The van der Waals surface area contributed by atoms with Crippen LogP contribution in [0.15, 0.2) is 60.7 Å². The molecule has 0 aliphatic rings. The van der Waals surface area contributed by atoms with Crippen molar-refractivity contribution in [3.63, 3.8) is 0 Å². The van der Waals surface area contributed by atoms with Gasteiger partial charge in [-0.1, -0.05) is 12.1 Å². The fourth-order valence-corrected chi connectivity index (χ4v) is 2.48. The highest BCUT2D eigenvalue weighted by atomic mass is 19.1. The molecule has 0 bridgehead atoms. The minimum absolute atomic E-state index is 0.284. The molecule has 2 aromatic heterocycles. The molecule has 22 heavy (non-hydrogen) atoms. The molecule has 0 aliphatic heterocycles. The van der Waals surface area contributed by atoms with Crippen LogP contribution in [0.3, 0.4) is 0 Å². The maximum absolute atomic E-state index is 13.2. The summed E-state index contributed by atoms with van der Waals surface area (Å²) in [5.74, 6) is -0.569. The zero-order valence-corrected chi connectivity index (χ0v) is 11.4. The highest BCUT2D eigenvalue weighted by Gasteiger charge is 2.05. The lowest BCUT2D eigenvalue weighted by molar-refractivity contribution is 0.629. The van der Waals surface area contributed by atoms with Crippen LogP contribution < -0.4 is 0 Å². The SMILES string of the molecule is Fc1ccc2nc(-c3ccc4cc(F)ccc4n3)ccc2c1. The largest absolute Gasteiger partial charge is 0.246 e. The summed E-state index contributed by atoms with van der Waals surface area (Å²) < 4.78 is 26.4. The van der Waals surface area contributed by atoms with Gasteiger partial charge in [-0.25, -0.2) is 18.7 Å². The molecule has 0 spiro atoms. The monoisotopic (exact) mass is 292 g/mol. The molecule has 4 rings (SSSR count). The van der Waals surface area contributed by atoms with E-state index in [1.807, 2.05) is 12.1 Å². The van der Waals surface area contributed by atoms with Crippen molar-refractivity contribution in [2.24, 2.45) is 0 Å². The Morgan fingerprint density at radius 3 is 1.45 bits per heavy atom. The van der Waals surface area contributed by atoms with Gasteiger partial charge in [0.1, 0.15) is 11.6 Å². The van der Waals surface area contributed by atoms with Crippen LogP contribution >= 0.6 is 0 Å². The maximum atomic E-state index is 13.2. The standard InChI is InChI=1S/C18H10F2N2/c19-13-3-7-15-11(9-13)1-5-17(21-15)18-6-2-12-10-14(20)4-8-16(12)22-18/h1-10H. The molecule has 0 atom stereocenters. The van der Waals surface area contributed by atoms with Crippen LogP contribution in [0.1, 0.15) is 0 Å². The number of nitrogens with zero attached hydrogens (tertiary/aromatic N) is 2. The predicted molar refractivity (Wildman–Crippen MR) is 82.4 cm³/mol. The van der Waals surface area contributed by atoms with E-state index in [1.54, 1.807) is 24.3 Å². The lowest BCUT2D eigenvalue weighted by Gasteiger charge is -2.05. The molecule has 0 aliphatic carbocycles. The topological polar surface area (TPSA) is 25.8 Å². The molecule has 4 aromatic rings. The zero-order valence-electron chi connectivity index (χ0n) is 11.4. The fourth-order valence-electron chi connectivity index (χ4n) is 2.48. The van der Waals surface area contributed by atoms with E-state index in [-0.39, 0.29) is 11.6 Å². The first-order valence-corrected chi connectivity index (χ1v) is 6.82. The Hall–Kier alpha value is -2.88. The van der Waals surface area contributed by atoms with E-state index in [9.17, 15) is 8.78 Å². The smallest absolute Gasteiger partial charge is 0.123 e. The molecule has 2 aromatic carbocycles. The second-order valence-corrected chi connectivity index (χ2v) is 5.07. The van der Waals surface area contributed by atoms with Gasteiger partial charge in [-0.15, -0.1) is 0 Å². The van der Waals surface area contributed by atoms with Crippen molar-refractivity contribution in [3.8, 4) is 11.4 Å². The van der Waals surface area contributed by atoms with E-state index in [0.29, 0.717) is 22.4 Å². The molecule has 0 radical (unpaired) electrons. The Bertz CT molecular complexity index is 929. The summed E-state index contributed by atoms with van der Waals surface area (Å²) in [7, 11) is 0. The molecular weight excluding hydrogens is 282 g/mol. The summed E-state index contributed by atoms with van der Waals surface area (Å²) in [5, 5.41) is 1.48. The summed E-state index contributed by atoms with van der Waals surface area (Å²) in [6.45, 7) is 0. The van der Waals surface area contributed by atoms with Crippen molar-refractivity contribution in [1.29, 1.82) is 0 Å². The Morgan fingerprint density at radius 1 is 0.545 bits per heavy atom. The van der Waals surface area contributed by atoms with Crippen LogP contribution in [0.2, 0.25) is 0 Å². The number of benzene rings is 2. The Kier molecular flexibility index (Phi) is 2.82. The van der Waals surface area contributed by atoms with Crippen molar-refractivity contribution < 1.29 is 8.78 Å². The van der Waals surface area contributed by atoms with Gasteiger partial charge in [0.15, 0.2) is 0 Å². The highest BCUT2D eigenvalue weighted by Crippen LogP contribution is 2.23. The molecule has 4 heteroatoms. The number of pyridine rings is 2. The molecule has 2 nitrogen and oxygen atoms in total. The van der Waals surface area contributed by atoms with Crippen molar-refractivity contribution in [2.75, 3.05) is 0 Å². The summed E-state index contributed by atoms with van der Waals surface area (Å²) in [4.78, 5) is 9.02. The first kappa shape index (κ1) is 12.8. The van der Waals surface area contributed by atoms with E-state index in [0.717, 1.165) is 10.8 Å². The van der Waals surface area contributed by atoms with Crippen molar-refractivity contribution in [3.05, 3.63) is 72.3 Å². The number of aromatic nitrogens is 2. The van der Waals surface area contributed by atoms with Gasteiger partial charge in [0, 0.05) is 10.8 Å². The lowest BCUT2D eigenvalue weighted by Crippen LogP contribution is -1.90.